The van der Waals surface area contributed by atoms with Crippen molar-refractivity contribution < 1.29 is 22.1 Å². The van der Waals surface area contributed by atoms with Gasteiger partial charge in [-0.05, 0) is 24.3 Å². The first-order valence-electron chi connectivity index (χ1n) is 6.24. The van der Waals surface area contributed by atoms with Crippen LogP contribution in [-0.4, -0.2) is 15.1 Å². The van der Waals surface area contributed by atoms with Gasteiger partial charge in [-0.1, -0.05) is 5.16 Å². The zero-order valence-corrected chi connectivity index (χ0v) is 11.2. The Kier molecular flexibility index (Phi) is 3.47. The highest BCUT2D eigenvalue weighted by atomic mass is 19.4. The molecule has 1 N–H and O–H groups in total. The van der Waals surface area contributed by atoms with E-state index in [4.69, 9.17) is 4.52 Å². The second kappa shape index (κ2) is 5.34. The third kappa shape index (κ3) is 2.98. The molecule has 5 nitrogen and oxygen atoms in total. The van der Waals surface area contributed by atoms with Crippen LogP contribution in [0.5, 0.6) is 0 Å². The van der Waals surface area contributed by atoms with Crippen LogP contribution in [0.3, 0.4) is 0 Å². The number of rotatable bonds is 2. The number of pyridine rings is 1. The normalized spacial score (nSPS) is 11.7. The Morgan fingerprint density at radius 3 is 2.61 bits per heavy atom. The Balaban J connectivity index is 2.05. The first kappa shape index (κ1) is 14.9. The van der Waals surface area contributed by atoms with Gasteiger partial charge in [0.25, 0.3) is 5.89 Å². The molecular formula is C14H7F4N3O2. The molecule has 3 aromatic rings. The number of hydrogen-bond donors (Lipinski definition) is 1. The zero-order chi connectivity index (χ0) is 16.6. The summed E-state index contributed by atoms with van der Waals surface area (Å²) in [7, 11) is 0. The van der Waals surface area contributed by atoms with Gasteiger partial charge in [0.05, 0.1) is 11.1 Å². The fourth-order valence-corrected chi connectivity index (χ4v) is 1.90. The summed E-state index contributed by atoms with van der Waals surface area (Å²) in [4.78, 5) is 17.4. The Bertz CT molecular complexity index is 915. The van der Waals surface area contributed by atoms with Crippen molar-refractivity contribution in [2.45, 2.75) is 6.18 Å². The molecule has 0 bridgehead atoms. The van der Waals surface area contributed by atoms with Gasteiger partial charge in [-0.25, -0.2) is 4.39 Å². The maximum absolute atomic E-state index is 13.8. The fraction of sp³-hybridized carbons (Fsp3) is 0.0714. The summed E-state index contributed by atoms with van der Waals surface area (Å²) >= 11 is 0. The molecular weight excluding hydrogens is 318 g/mol. The molecule has 2 heterocycles. The molecule has 0 atom stereocenters. The first-order chi connectivity index (χ1) is 10.8. The summed E-state index contributed by atoms with van der Waals surface area (Å²) in [6.45, 7) is 0. The van der Waals surface area contributed by atoms with Gasteiger partial charge in [-0.2, -0.15) is 18.2 Å². The number of nitrogens with one attached hydrogen (secondary N) is 1. The van der Waals surface area contributed by atoms with E-state index in [1.807, 2.05) is 0 Å². The fourth-order valence-electron chi connectivity index (χ4n) is 1.90. The number of aromatic nitrogens is 3. The lowest BCUT2D eigenvalue weighted by molar-refractivity contribution is -0.137. The summed E-state index contributed by atoms with van der Waals surface area (Å²) in [5.74, 6) is -1.38. The minimum atomic E-state index is -4.63. The van der Waals surface area contributed by atoms with E-state index >= 15 is 0 Å². The van der Waals surface area contributed by atoms with Crippen LogP contribution < -0.4 is 5.56 Å². The monoisotopic (exact) mass is 325 g/mol. The number of nitrogens with zero attached hydrogens (tertiary/aromatic N) is 2. The van der Waals surface area contributed by atoms with Gasteiger partial charge in [0.15, 0.2) is 0 Å². The third-order valence-electron chi connectivity index (χ3n) is 2.98. The Labute approximate surface area is 125 Å². The molecule has 3 rings (SSSR count). The molecule has 0 spiro atoms. The average molecular weight is 325 g/mol. The lowest BCUT2D eigenvalue weighted by Crippen LogP contribution is -2.05. The number of alkyl halides is 3. The second-order valence-corrected chi connectivity index (χ2v) is 4.56. The van der Waals surface area contributed by atoms with E-state index in [9.17, 15) is 22.4 Å². The Morgan fingerprint density at radius 1 is 1.13 bits per heavy atom. The van der Waals surface area contributed by atoms with Gasteiger partial charge >= 0.3 is 6.18 Å². The molecule has 0 saturated carbocycles. The minimum Gasteiger partial charge on any atom is -0.334 e. The van der Waals surface area contributed by atoms with Crippen molar-refractivity contribution in [3.05, 3.63) is 58.3 Å². The molecule has 0 unspecified atom stereocenters. The minimum absolute atomic E-state index is 0.0390. The van der Waals surface area contributed by atoms with Gasteiger partial charge in [-0.15, -0.1) is 0 Å². The number of benzene rings is 1. The average Bonchev–Trinajstić information content (AvgIpc) is 2.96. The summed E-state index contributed by atoms with van der Waals surface area (Å²) in [5.41, 5.74) is -1.64. The highest BCUT2D eigenvalue weighted by molar-refractivity contribution is 5.60. The summed E-state index contributed by atoms with van der Waals surface area (Å²) in [6, 6.07) is 4.53. The summed E-state index contributed by atoms with van der Waals surface area (Å²) in [5, 5.41) is 3.55. The number of H-pyrrole nitrogens is 1. The van der Waals surface area contributed by atoms with E-state index in [0.29, 0.717) is 18.2 Å². The molecule has 0 aliphatic rings. The lowest BCUT2D eigenvalue weighted by atomic mass is 10.1. The zero-order valence-electron chi connectivity index (χ0n) is 11.2. The van der Waals surface area contributed by atoms with E-state index in [2.05, 4.69) is 15.1 Å². The van der Waals surface area contributed by atoms with Crippen LogP contribution in [-0.2, 0) is 6.18 Å². The maximum Gasteiger partial charge on any atom is 0.416 e. The van der Waals surface area contributed by atoms with Crippen molar-refractivity contribution in [2.24, 2.45) is 0 Å². The van der Waals surface area contributed by atoms with Crippen LogP contribution in [0.4, 0.5) is 17.6 Å². The van der Waals surface area contributed by atoms with Crippen LogP contribution >= 0.6 is 0 Å². The molecule has 1 aromatic carbocycles. The molecule has 0 fully saturated rings. The second-order valence-electron chi connectivity index (χ2n) is 4.56. The topological polar surface area (TPSA) is 71.8 Å². The van der Waals surface area contributed by atoms with Crippen LogP contribution in [0.1, 0.15) is 5.56 Å². The van der Waals surface area contributed by atoms with Crippen molar-refractivity contribution >= 4 is 0 Å². The highest BCUT2D eigenvalue weighted by Gasteiger charge is 2.32. The summed E-state index contributed by atoms with van der Waals surface area (Å²) in [6.07, 6.45) is -3.28. The highest BCUT2D eigenvalue weighted by Crippen LogP contribution is 2.33. The quantitative estimate of drug-likeness (QED) is 0.734. The van der Waals surface area contributed by atoms with Crippen molar-refractivity contribution in [2.75, 3.05) is 0 Å². The van der Waals surface area contributed by atoms with Gasteiger partial charge in [0.1, 0.15) is 5.82 Å². The molecule has 0 saturated heterocycles. The molecule has 2 aromatic heterocycles. The Hall–Kier alpha value is -2.97. The van der Waals surface area contributed by atoms with Crippen molar-refractivity contribution in [1.29, 1.82) is 0 Å². The molecule has 0 amide bonds. The lowest BCUT2D eigenvalue weighted by Gasteiger charge is -2.07. The van der Waals surface area contributed by atoms with Gasteiger partial charge in [-0.3, -0.25) is 4.79 Å². The molecule has 0 aliphatic carbocycles. The SMILES string of the molecule is O=c1cc(-c2noc(-c3cc(C(F)(F)F)ccc3F)n2)cc[nH]1. The van der Waals surface area contributed by atoms with E-state index in [1.54, 1.807) is 0 Å². The van der Waals surface area contributed by atoms with Crippen molar-refractivity contribution in [1.82, 2.24) is 15.1 Å². The van der Waals surface area contributed by atoms with Crippen LogP contribution in [0.15, 0.2) is 45.8 Å². The number of aromatic amines is 1. The van der Waals surface area contributed by atoms with E-state index < -0.39 is 34.6 Å². The van der Waals surface area contributed by atoms with Gasteiger partial charge in [0.2, 0.25) is 11.4 Å². The molecule has 9 heteroatoms. The number of hydrogen-bond acceptors (Lipinski definition) is 4. The van der Waals surface area contributed by atoms with Crippen LogP contribution in [0.2, 0.25) is 0 Å². The Morgan fingerprint density at radius 2 is 1.91 bits per heavy atom. The van der Waals surface area contributed by atoms with Crippen molar-refractivity contribution in [3.8, 4) is 22.8 Å². The molecule has 118 valence electrons. The maximum atomic E-state index is 13.8. The van der Waals surface area contributed by atoms with Crippen LogP contribution in [0, 0.1) is 5.82 Å². The molecule has 23 heavy (non-hydrogen) atoms. The third-order valence-corrected chi connectivity index (χ3v) is 2.98. The van der Waals surface area contributed by atoms with E-state index in [1.165, 1.54) is 18.3 Å². The smallest absolute Gasteiger partial charge is 0.334 e. The predicted molar refractivity (Wildman–Crippen MR) is 70.8 cm³/mol. The standard InChI is InChI=1S/C14H7F4N3O2/c15-10-2-1-8(14(16,17)18)6-9(10)13-20-12(21-23-13)7-3-4-19-11(22)5-7/h1-6H,(H,19,22). The first-order valence-corrected chi connectivity index (χ1v) is 6.24. The van der Waals surface area contributed by atoms with E-state index in [-0.39, 0.29) is 11.4 Å². The van der Waals surface area contributed by atoms with E-state index in [0.717, 1.165) is 0 Å². The van der Waals surface area contributed by atoms with Gasteiger partial charge < -0.3 is 9.51 Å². The van der Waals surface area contributed by atoms with Crippen molar-refractivity contribution in [3.63, 3.8) is 0 Å². The summed E-state index contributed by atoms with van der Waals surface area (Å²) < 4.78 is 56.7. The predicted octanol–water partition coefficient (Wildman–Crippen LogP) is 3.25. The van der Waals surface area contributed by atoms with Gasteiger partial charge in [0, 0.05) is 17.8 Å². The van der Waals surface area contributed by atoms with Crippen LogP contribution in [0.25, 0.3) is 22.8 Å². The molecule has 0 radical (unpaired) electrons. The number of halogens is 4. The largest absolute Gasteiger partial charge is 0.416 e. The molecule has 0 aliphatic heterocycles.